The number of amides is 6. The van der Waals surface area contributed by atoms with Crippen molar-refractivity contribution in [1.29, 1.82) is 0 Å². The molecular formula is C56H88N8O10. The van der Waals surface area contributed by atoms with Crippen LogP contribution in [0, 0.1) is 23.7 Å². The van der Waals surface area contributed by atoms with Crippen LogP contribution in [0.2, 0.25) is 0 Å². The van der Waals surface area contributed by atoms with E-state index in [-0.39, 0.29) is 49.4 Å². The van der Waals surface area contributed by atoms with E-state index >= 15 is 0 Å². The zero-order chi connectivity index (χ0) is 55.7. The summed E-state index contributed by atoms with van der Waals surface area (Å²) >= 11 is 0. The largest absolute Gasteiger partial charge is 0.461 e. The summed E-state index contributed by atoms with van der Waals surface area (Å²) in [6.07, 6.45) is 1.14. The van der Waals surface area contributed by atoms with Gasteiger partial charge in [0.25, 0.3) is 0 Å². The first-order chi connectivity index (χ1) is 34.7. The molecule has 0 bridgehead atoms. The number of rotatable bonds is 18. The minimum atomic E-state index is -1.49. The van der Waals surface area contributed by atoms with Crippen LogP contribution < -0.4 is 10.6 Å². The second kappa shape index (κ2) is 29.3. The third-order valence-corrected chi connectivity index (χ3v) is 13.6. The summed E-state index contributed by atoms with van der Waals surface area (Å²) in [5.74, 6) is -5.96. The van der Waals surface area contributed by atoms with Gasteiger partial charge in [0, 0.05) is 28.2 Å². The lowest BCUT2D eigenvalue weighted by Crippen LogP contribution is -2.61. The average molecular weight is 1030 g/mol. The Morgan fingerprint density at radius 2 is 0.743 bits per heavy atom. The van der Waals surface area contributed by atoms with Crippen molar-refractivity contribution in [2.24, 2.45) is 23.7 Å². The predicted molar refractivity (Wildman–Crippen MR) is 285 cm³/mol. The Kier molecular flexibility index (Phi) is 24.7. The van der Waals surface area contributed by atoms with Gasteiger partial charge in [-0.15, -0.1) is 0 Å². The van der Waals surface area contributed by atoms with Gasteiger partial charge in [-0.2, -0.15) is 0 Å². The molecule has 412 valence electrons. The van der Waals surface area contributed by atoms with E-state index in [0.29, 0.717) is 12.8 Å². The summed E-state index contributed by atoms with van der Waals surface area (Å²) in [4.78, 5) is 126. The second-order valence-electron chi connectivity index (χ2n) is 22.1. The number of ether oxygens (including phenoxy) is 2. The molecule has 0 aliphatic carbocycles. The van der Waals surface area contributed by atoms with Crippen molar-refractivity contribution >= 4 is 47.4 Å². The molecule has 0 radical (unpaired) electrons. The lowest BCUT2D eigenvalue weighted by Gasteiger charge is -2.38. The van der Waals surface area contributed by atoms with Gasteiger partial charge >= 0.3 is 11.9 Å². The summed E-state index contributed by atoms with van der Waals surface area (Å²) < 4.78 is 12.0. The van der Waals surface area contributed by atoms with Gasteiger partial charge in [-0.05, 0) is 102 Å². The molecule has 1 heterocycles. The molecule has 2 aromatic carbocycles. The van der Waals surface area contributed by atoms with Crippen molar-refractivity contribution in [3.05, 3.63) is 71.8 Å². The van der Waals surface area contributed by atoms with Crippen LogP contribution in [0.25, 0.3) is 0 Å². The van der Waals surface area contributed by atoms with Crippen LogP contribution in [0.3, 0.4) is 0 Å². The smallest absolute Gasteiger partial charge is 0.328 e. The second-order valence-corrected chi connectivity index (χ2v) is 22.1. The summed E-state index contributed by atoms with van der Waals surface area (Å²) in [6.45, 7) is 13.7. The highest BCUT2D eigenvalue weighted by molar-refractivity contribution is 5.96. The number of nitrogens with one attached hydrogen (secondary N) is 2. The molecule has 2 N–H and O–H groups in total. The Labute approximate surface area is 441 Å². The van der Waals surface area contributed by atoms with Gasteiger partial charge in [0.1, 0.15) is 49.5 Å². The molecular weight excluding hydrogens is 945 g/mol. The number of esters is 2. The van der Waals surface area contributed by atoms with E-state index in [2.05, 4.69) is 10.6 Å². The summed E-state index contributed by atoms with van der Waals surface area (Å²) in [7, 11) is 12.8. The molecule has 1 fully saturated rings. The highest BCUT2D eigenvalue weighted by Gasteiger charge is 2.43. The van der Waals surface area contributed by atoms with E-state index in [1.807, 2.05) is 116 Å². The fraction of sp³-hybridized carbons (Fsp3) is 0.643. The highest BCUT2D eigenvalue weighted by Crippen LogP contribution is 2.23. The number of nitrogens with zero attached hydrogens (tertiary/aromatic N) is 6. The maximum atomic E-state index is 15.0. The molecule has 0 aromatic heterocycles. The molecule has 2 aromatic rings. The number of carbonyl (C=O) groups excluding carboxylic acids is 8. The number of likely N-dealkylation sites (N-methyl/N-ethyl adjacent to an activating group) is 6. The third-order valence-electron chi connectivity index (χ3n) is 13.6. The van der Waals surface area contributed by atoms with E-state index < -0.39 is 109 Å². The van der Waals surface area contributed by atoms with Gasteiger partial charge in [0.2, 0.25) is 35.4 Å². The minimum absolute atomic E-state index is 0.134. The van der Waals surface area contributed by atoms with Crippen LogP contribution in [0.5, 0.6) is 0 Å². The minimum Gasteiger partial charge on any atom is -0.461 e. The van der Waals surface area contributed by atoms with Crippen molar-refractivity contribution < 1.29 is 47.8 Å². The van der Waals surface area contributed by atoms with Gasteiger partial charge in [0.15, 0.2) is 0 Å². The van der Waals surface area contributed by atoms with Crippen molar-refractivity contribution in [1.82, 2.24) is 40.0 Å². The first-order valence-electron chi connectivity index (χ1n) is 26.1. The van der Waals surface area contributed by atoms with Gasteiger partial charge in [0.05, 0.1) is 12.1 Å². The van der Waals surface area contributed by atoms with E-state index in [1.54, 1.807) is 38.0 Å². The van der Waals surface area contributed by atoms with Crippen LogP contribution >= 0.6 is 0 Å². The number of cyclic esters (lactones) is 2. The van der Waals surface area contributed by atoms with Crippen molar-refractivity contribution in [2.45, 2.75) is 142 Å². The SMILES string of the molecule is CC(C)CC1C(=O)OC[C@H](NC(=O)[C@H](Cc2ccccc2)N(C)C)C(=O)N(C)[C@@H](CC(C)C)C(=O)N(C)[C@@H](CC(C)C)C(=O)OCC(NC(=O)[C@H](Cc2ccccc2)N(C)C)C(=O)N(C)[C@@H](CC(C)C)C(=O)N1C. The lowest BCUT2D eigenvalue weighted by molar-refractivity contribution is -0.162. The molecule has 2 unspecified atom stereocenters. The van der Waals surface area contributed by atoms with Crippen LogP contribution in [0.15, 0.2) is 60.7 Å². The molecule has 1 saturated heterocycles. The van der Waals surface area contributed by atoms with E-state index in [9.17, 15) is 38.4 Å². The Bertz CT molecular complexity index is 2020. The summed E-state index contributed by atoms with van der Waals surface area (Å²) in [6, 6.07) is 9.49. The van der Waals surface area contributed by atoms with Crippen molar-refractivity contribution in [3.8, 4) is 0 Å². The number of carbonyl (C=O) groups is 8. The first-order valence-corrected chi connectivity index (χ1v) is 26.1. The Morgan fingerprint density at radius 1 is 0.473 bits per heavy atom. The fourth-order valence-electron chi connectivity index (χ4n) is 9.14. The van der Waals surface area contributed by atoms with Crippen LogP contribution in [0.4, 0.5) is 0 Å². The molecule has 6 amide bonds. The first kappa shape index (κ1) is 62.4. The van der Waals surface area contributed by atoms with E-state index in [4.69, 9.17) is 9.47 Å². The van der Waals surface area contributed by atoms with Gasteiger partial charge in [-0.25, -0.2) is 9.59 Å². The monoisotopic (exact) mass is 1030 g/mol. The third kappa shape index (κ3) is 18.2. The summed E-state index contributed by atoms with van der Waals surface area (Å²) in [5.41, 5.74) is 1.74. The number of benzene rings is 2. The molecule has 0 saturated carbocycles. The molecule has 1 aliphatic rings. The quantitative estimate of drug-likeness (QED) is 0.205. The Hall–Kier alpha value is -5.88. The maximum absolute atomic E-state index is 15.0. The van der Waals surface area contributed by atoms with Crippen LogP contribution in [0.1, 0.15) is 92.2 Å². The number of hydrogen-bond donors (Lipinski definition) is 2. The zero-order valence-electron chi connectivity index (χ0n) is 47.1. The molecule has 1 aliphatic heterocycles. The highest BCUT2D eigenvalue weighted by atomic mass is 16.5. The fourth-order valence-corrected chi connectivity index (χ4v) is 9.14. The molecule has 8 atom stereocenters. The molecule has 0 spiro atoms. The topological polar surface area (TPSA) is 199 Å². The predicted octanol–water partition coefficient (Wildman–Crippen LogP) is 3.89. The lowest BCUT2D eigenvalue weighted by atomic mass is 9.97. The van der Waals surface area contributed by atoms with Crippen LogP contribution in [-0.2, 0) is 60.7 Å². The molecule has 74 heavy (non-hydrogen) atoms. The Balaban J connectivity index is 2.27. The molecule has 3 rings (SSSR count). The molecule has 18 heteroatoms. The van der Waals surface area contributed by atoms with Gasteiger partial charge in [-0.1, -0.05) is 116 Å². The van der Waals surface area contributed by atoms with Crippen LogP contribution in [-0.4, -0.2) is 195 Å². The van der Waals surface area contributed by atoms with E-state index in [0.717, 1.165) is 11.1 Å². The summed E-state index contributed by atoms with van der Waals surface area (Å²) in [5, 5.41) is 5.70. The standard InChI is InChI=1S/C56H88N8O10/c1-35(2)27-45-53(69)63(15)47(29-37(5)6)55(71)74-34-42(58-50(66)44(60(11)12)32-40-25-21-18-22-26-40)52(68)62(14)46(28-36(3)4)54(70)64(16)48(30-38(7)8)56(72)73-33-41(51(67)61(45)13)57-49(65)43(59(9)10)31-39-23-19-17-20-24-39/h17-26,35-38,41-48H,27-34H2,1-16H3,(H,57,65)(H,58,66)/t41-,42?,43-,44-,45-,46-,47-,48?/m0/s1. The van der Waals surface area contributed by atoms with E-state index in [1.165, 1.54) is 47.8 Å². The van der Waals surface area contributed by atoms with Gasteiger partial charge in [-0.3, -0.25) is 38.6 Å². The van der Waals surface area contributed by atoms with Crippen molar-refractivity contribution in [3.63, 3.8) is 0 Å². The van der Waals surface area contributed by atoms with Gasteiger partial charge < -0.3 is 39.7 Å². The Morgan fingerprint density at radius 3 is 1.01 bits per heavy atom. The maximum Gasteiger partial charge on any atom is 0.328 e. The number of hydrogen-bond acceptors (Lipinski definition) is 12. The zero-order valence-corrected chi connectivity index (χ0v) is 47.1. The average Bonchev–Trinajstić information content (AvgIpc) is 3.34. The molecule has 18 nitrogen and oxygen atoms in total. The van der Waals surface area contributed by atoms with Crippen molar-refractivity contribution in [2.75, 3.05) is 69.6 Å². The normalized spacial score (nSPS) is 22.5.